The average molecular weight is 478 g/mol. The molecule has 174 valence electrons. The number of rotatable bonds is 9. The fourth-order valence-corrected chi connectivity index (χ4v) is 5.51. The average Bonchev–Trinajstić information content (AvgIpc) is 2.76. The molecule has 1 aliphatic heterocycles. The smallest absolute Gasteiger partial charge is 0.244 e. The molecule has 0 saturated carbocycles. The summed E-state index contributed by atoms with van der Waals surface area (Å²) in [6, 6.07) is 13.9. The minimum Gasteiger partial charge on any atom is -0.350 e. The number of nitrogens with zero attached hydrogens (tertiary/aromatic N) is 2. The number of carbonyl (C=O) groups excluding carboxylic acids is 1. The van der Waals surface area contributed by atoms with E-state index < -0.39 is 16.1 Å². The summed E-state index contributed by atoms with van der Waals surface area (Å²) in [7, 11) is -3.68. The van der Waals surface area contributed by atoms with Gasteiger partial charge in [0.25, 0.3) is 0 Å². The van der Waals surface area contributed by atoms with Gasteiger partial charge in [-0.25, -0.2) is 8.42 Å². The highest BCUT2D eigenvalue weighted by Gasteiger charge is 2.31. The van der Waals surface area contributed by atoms with Crippen LogP contribution in [0.5, 0.6) is 0 Å². The molecule has 3 rings (SSSR count). The number of nitrogens with one attached hydrogen (secondary N) is 1. The summed E-state index contributed by atoms with van der Waals surface area (Å²) in [5.74, 6) is -0.338. The first-order chi connectivity index (χ1) is 15.3. The molecule has 0 unspecified atom stereocenters. The fourth-order valence-electron chi connectivity index (χ4n) is 4.12. The van der Waals surface area contributed by atoms with Gasteiger partial charge in [-0.2, -0.15) is 0 Å². The van der Waals surface area contributed by atoms with Crippen LogP contribution in [0.2, 0.25) is 5.02 Å². The summed E-state index contributed by atoms with van der Waals surface area (Å²) in [5.41, 5.74) is 2.62. The van der Waals surface area contributed by atoms with Crippen LogP contribution in [0.4, 0.5) is 5.69 Å². The Balaban J connectivity index is 1.65. The monoisotopic (exact) mass is 477 g/mol. The van der Waals surface area contributed by atoms with Crippen LogP contribution in [-0.2, 0) is 27.9 Å². The molecule has 1 heterocycles. The number of hydrogen-bond acceptors (Lipinski definition) is 4. The summed E-state index contributed by atoms with van der Waals surface area (Å²) < 4.78 is 26.2. The van der Waals surface area contributed by atoms with Crippen LogP contribution in [-0.4, -0.2) is 44.6 Å². The third kappa shape index (κ3) is 6.70. The molecule has 1 saturated heterocycles. The van der Waals surface area contributed by atoms with Crippen LogP contribution in [0, 0.1) is 0 Å². The molecule has 6 nitrogen and oxygen atoms in total. The Morgan fingerprint density at radius 3 is 2.34 bits per heavy atom. The fraction of sp³-hybridized carbons (Fsp3) is 0.458. The van der Waals surface area contributed by atoms with Gasteiger partial charge < -0.3 is 5.32 Å². The van der Waals surface area contributed by atoms with E-state index in [1.165, 1.54) is 24.8 Å². The van der Waals surface area contributed by atoms with Crippen LogP contribution in [0.25, 0.3) is 0 Å². The van der Waals surface area contributed by atoms with Gasteiger partial charge in [-0.3, -0.25) is 14.0 Å². The SMILES string of the molecule is CC[C@H](C(=O)NCc1ccc(CN2CCCCC2)cc1)N(c1cccc(Cl)c1)S(C)(=O)=O. The van der Waals surface area contributed by atoms with Gasteiger partial charge in [0.05, 0.1) is 11.9 Å². The number of likely N-dealkylation sites (tertiary alicyclic amines) is 1. The van der Waals surface area contributed by atoms with E-state index in [1.54, 1.807) is 31.2 Å². The Hall–Kier alpha value is -2.09. The Morgan fingerprint density at radius 2 is 1.75 bits per heavy atom. The number of benzene rings is 2. The maximum atomic E-state index is 13.0. The van der Waals surface area contributed by atoms with Gasteiger partial charge in [0, 0.05) is 18.1 Å². The van der Waals surface area contributed by atoms with Gasteiger partial charge in [0.2, 0.25) is 15.9 Å². The zero-order chi connectivity index (χ0) is 23.1. The highest BCUT2D eigenvalue weighted by Crippen LogP contribution is 2.25. The van der Waals surface area contributed by atoms with Crippen molar-refractivity contribution in [1.29, 1.82) is 0 Å². The largest absolute Gasteiger partial charge is 0.350 e. The van der Waals surface area contributed by atoms with Gasteiger partial charge in [0.15, 0.2) is 0 Å². The predicted octanol–water partition coefficient (Wildman–Crippen LogP) is 4.19. The van der Waals surface area contributed by atoms with Gasteiger partial charge >= 0.3 is 0 Å². The molecule has 0 aliphatic carbocycles. The Bertz CT molecular complexity index is 1010. The molecule has 0 radical (unpaired) electrons. The van der Waals surface area contributed by atoms with Crippen LogP contribution >= 0.6 is 11.6 Å². The second kappa shape index (κ2) is 11.2. The van der Waals surface area contributed by atoms with Crippen molar-refractivity contribution in [1.82, 2.24) is 10.2 Å². The van der Waals surface area contributed by atoms with Crippen LogP contribution in [0.3, 0.4) is 0 Å². The molecule has 8 heteroatoms. The topological polar surface area (TPSA) is 69.7 Å². The summed E-state index contributed by atoms with van der Waals surface area (Å²) >= 11 is 6.06. The highest BCUT2D eigenvalue weighted by atomic mass is 35.5. The summed E-state index contributed by atoms with van der Waals surface area (Å²) in [6.07, 6.45) is 5.29. The van der Waals surface area contributed by atoms with E-state index in [0.717, 1.165) is 35.8 Å². The molecule has 32 heavy (non-hydrogen) atoms. The third-order valence-electron chi connectivity index (χ3n) is 5.74. The second-order valence-corrected chi connectivity index (χ2v) is 10.6. The zero-order valence-corrected chi connectivity index (χ0v) is 20.3. The summed E-state index contributed by atoms with van der Waals surface area (Å²) in [4.78, 5) is 15.4. The number of sulfonamides is 1. The van der Waals surface area contributed by atoms with Crippen molar-refractivity contribution >= 4 is 33.2 Å². The number of hydrogen-bond donors (Lipinski definition) is 1. The van der Waals surface area contributed by atoms with Crippen LogP contribution in [0.1, 0.15) is 43.7 Å². The number of piperidine rings is 1. The molecule has 0 bridgehead atoms. The van der Waals surface area contributed by atoms with E-state index in [0.29, 0.717) is 23.7 Å². The molecule has 1 aliphatic rings. The van der Waals surface area contributed by atoms with Crippen molar-refractivity contribution in [3.05, 3.63) is 64.7 Å². The van der Waals surface area contributed by atoms with Crippen molar-refractivity contribution in [3.63, 3.8) is 0 Å². The van der Waals surface area contributed by atoms with E-state index in [-0.39, 0.29) is 5.91 Å². The van der Waals surface area contributed by atoms with Crippen molar-refractivity contribution in [3.8, 4) is 0 Å². The Labute approximate surface area is 196 Å². The minimum atomic E-state index is -3.68. The quantitative estimate of drug-likeness (QED) is 0.588. The van der Waals surface area contributed by atoms with Crippen molar-refractivity contribution < 1.29 is 13.2 Å². The molecule has 1 N–H and O–H groups in total. The van der Waals surface area contributed by atoms with Crippen LogP contribution < -0.4 is 9.62 Å². The molecule has 0 spiro atoms. The van der Waals surface area contributed by atoms with E-state index in [2.05, 4.69) is 22.3 Å². The lowest BCUT2D eigenvalue weighted by molar-refractivity contribution is -0.122. The first kappa shape index (κ1) is 24.6. The van der Waals surface area contributed by atoms with Crippen molar-refractivity contribution in [2.75, 3.05) is 23.7 Å². The van der Waals surface area contributed by atoms with Gasteiger partial charge in [-0.15, -0.1) is 0 Å². The standard InChI is InChI=1S/C24H32ClN3O3S/c1-3-23(28(32(2,30)31)22-9-7-8-21(25)16-22)24(29)26-17-19-10-12-20(13-11-19)18-27-14-5-4-6-15-27/h7-13,16,23H,3-6,14-15,17-18H2,1-2H3,(H,26,29)/t23-/m1/s1. The molecular formula is C24H32ClN3O3S. The third-order valence-corrected chi connectivity index (χ3v) is 7.15. The first-order valence-electron chi connectivity index (χ1n) is 11.1. The zero-order valence-electron chi connectivity index (χ0n) is 18.8. The Kier molecular flexibility index (Phi) is 8.57. The van der Waals surface area contributed by atoms with Gasteiger partial charge in [-0.1, -0.05) is 55.3 Å². The number of halogens is 1. The lowest BCUT2D eigenvalue weighted by Crippen LogP contribution is -2.49. The lowest BCUT2D eigenvalue weighted by Gasteiger charge is -2.30. The summed E-state index contributed by atoms with van der Waals surface area (Å²) in [6.45, 7) is 5.39. The highest BCUT2D eigenvalue weighted by molar-refractivity contribution is 7.92. The molecule has 0 aromatic heterocycles. The van der Waals surface area contributed by atoms with Crippen LogP contribution in [0.15, 0.2) is 48.5 Å². The maximum Gasteiger partial charge on any atom is 0.244 e. The lowest BCUT2D eigenvalue weighted by atomic mass is 10.1. The van der Waals surface area contributed by atoms with Crippen molar-refractivity contribution in [2.45, 2.75) is 51.7 Å². The minimum absolute atomic E-state index is 0.334. The predicted molar refractivity (Wildman–Crippen MR) is 130 cm³/mol. The number of carbonyl (C=O) groups is 1. The molecular weight excluding hydrogens is 446 g/mol. The van der Waals surface area contributed by atoms with Crippen molar-refractivity contribution in [2.24, 2.45) is 0 Å². The molecule has 2 aromatic carbocycles. The second-order valence-electron chi connectivity index (χ2n) is 8.33. The van der Waals surface area contributed by atoms with E-state index in [4.69, 9.17) is 11.6 Å². The number of anilines is 1. The molecule has 1 atom stereocenters. The van der Waals surface area contributed by atoms with E-state index in [9.17, 15) is 13.2 Å². The summed E-state index contributed by atoms with van der Waals surface area (Å²) in [5, 5.41) is 3.31. The normalized spacial score (nSPS) is 15.8. The Morgan fingerprint density at radius 1 is 1.09 bits per heavy atom. The van der Waals surface area contributed by atoms with E-state index in [1.807, 2.05) is 12.1 Å². The van der Waals surface area contributed by atoms with Gasteiger partial charge in [0.1, 0.15) is 6.04 Å². The molecule has 1 amide bonds. The molecule has 1 fully saturated rings. The van der Waals surface area contributed by atoms with Gasteiger partial charge in [-0.05, 0) is 61.7 Å². The maximum absolute atomic E-state index is 13.0. The number of amides is 1. The first-order valence-corrected chi connectivity index (χ1v) is 13.3. The molecule has 2 aromatic rings. The van der Waals surface area contributed by atoms with E-state index >= 15 is 0 Å².